The molecule has 68 valence electrons. The molecular weight excluding hydrogens is 151 g/mol. The second-order valence-corrected chi connectivity index (χ2v) is 2.65. The minimum Gasteiger partial charge on any atom is -0.341 e. The van der Waals surface area contributed by atoms with Crippen LogP contribution < -0.4 is 0 Å². The van der Waals surface area contributed by atoms with Gasteiger partial charge in [-0.25, -0.2) is 4.39 Å². The molecule has 0 saturated heterocycles. The zero-order valence-electron chi connectivity index (χ0n) is 6.63. The fourth-order valence-electron chi connectivity index (χ4n) is 0.767. The molecule has 0 fully saturated rings. The predicted molar refractivity (Wildman–Crippen MR) is 38.4 cm³/mol. The summed E-state index contributed by atoms with van der Waals surface area (Å²) in [5.74, 6) is -3.16. The van der Waals surface area contributed by atoms with Gasteiger partial charge in [-0.15, -0.1) is 0 Å². The van der Waals surface area contributed by atoms with Crippen LogP contribution in [0.25, 0.3) is 0 Å². The van der Waals surface area contributed by atoms with Gasteiger partial charge in [0.25, 0.3) is 0 Å². The summed E-state index contributed by atoms with van der Waals surface area (Å²) in [6.07, 6.45) is 0.339. The normalized spacial score (nSPS) is 15.0. The van der Waals surface area contributed by atoms with Gasteiger partial charge in [-0.3, -0.25) is 0 Å². The van der Waals surface area contributed by atoms with Crippen molar-refractivity contribution in [2.45, 2.75) is 44.8 Å². The molecule has 0 heterocycles. The summed E-state index contributed by atoms with van der Waals surface area (Å²) in [5, 5.41) is 25.0. The van der Waals surface area contributed by atoms with Gasteiger partial charge in [-0.1, -0.05) is 26.2 Å². The first kappa shape index (κ1) is 10.8. The Bertz CT molecular complexity index is 100. The standard InChI is InChI=1S/C7H15FO3/c1-2-3-4-5-6(8)7(9,10)11/h6,9-11H,2-5H2,1H3. The zero-order chi connectivity index (χ0) is 8.91. The van der Waals surface area contributed by atoms with Gasteiger partial charge in [-0.2, -0.15) is 0 Å². The molecule has 0 aliphatic carbocycles. The van der Waals surface area contributed by atoms with Crippen LogP contribution in [0.1, 0.15) is 32.6 Å². The van der Waals surface area contributed by atoms with Gasteiger partial charge < -0.3 is 15.3 Å². The lowest BCUT2D eigenvalue weighted by Gasteiger charge is -2.18. The maximum absolute atomic E-state index is 12.5. The second-order valence-electron chi connectivity index (χ2n) is 2.65. The second kappa shape index (κ2) is 4.64. The lowest BCUT2D eigenvalue weighted by molar-refractivity contribution is -0.342. The first-order valence-electron chi connectivity index (χ1n) is 3.79. The van der Waals surface area contributed by atoms with Crippen molar-refractivity contribution >= 4 is 0 Å². The number of aliphatic hydroxyl groups is 3. The van der Waals surface area contributed by atoms with E-state index in [4.69, 9.17) is 15.3 Å². The Labute approximate surface area is 65.5 Å². The summed E-state index contributed by atoms with van der Waals surface area (Å²) in [6, 6.07) is 0. The number of halogens is 1. The van der Waals surface area contributed by atoms with Crippen LogP contribution in [0.4, 0.5) is 4.39 Å². The van der Waals surface area contributed by atoms with Crippen molar-refractivity contribution in [3.63, 3.8) is 0 Å². The average Bonchev–Trinajstić information content (AvgIpc) is 1.86. The number of hydrogen-bond donors (Lipinski definition) is 3. The van der Waals surface area contributed by atoms with Gasteiger partial charge in [0.15, 0.2) is 6.17 Å². The Kier molecular flexibility index (Phi) is 4.56. The Balaban J connectivity index is 3.44. The fourth-order valence-corrected chi connectivity index (χ4v) is 0.767. The van der Waals surface area contributed by atoms with E-state index in [2.05, 4.69) is 0 Å². The molecule has 0 aromatic heterocycles. The average molecular weight is 166 g/mol. The molecule has 0 spiro atoms. The molecule has 4 heteroatoms. The smallest absolute Gasteiger partial charge is 0.308 e. The van der Waals surface area contributed by atoms with E-state index >= 15 is 0 Å². The lowest BCUT2D eigenvalue weighted by Crippen LogP contribution is -2.38. The molecule has 3 N–H and O–H groups in total. The lowest BCUT2D eigenvalue weighted by atomic mass is 10.1. The van der Waals surface area contributed by atoms with Crippen molar-refractivity contribution in [1.82, 2.24) is 0 Å². The number of hydrogen-bond acceptors (Lipinski definition) is 3. The van der Waals surface area contributed by atoms with Crippen LogP contribution in [0, 0.1) is 0 Å². The van der Waals surface area contributed by atoms with Crippen LogP contribution in [-0.2, 0) is 0 Å². The maximum atomic E-state index is 12.5. The van der Waals surface area contributed by atoms with Gasteiger partial charge in [0, 0.05) is 0 Å². The molecule has 1 unspecified atom stereocenters. The molecule has 0 aliphatic heterocycles. The van der Waals surface area contributed by atoms with Gasteiger partial charge in [0.1, 0.15) is 0 Å². The number of rotatable bonds is 5. The number of alkyl halides is 1. The van der Waals surface area contributed by atoms with E-state index in [9.17, 15) is 4.39 Å². The van der Waals surface area contributed by atoms with Gasteiger partial charge in [0.2, 0.25) is 0 Å². The SMILES string of the molecule is CCCCCC(F)C(O)(O)O. The Hall–Kier alpha value is -0.190. The molecule has 1 atom stereocenters. The quantitative estimate of drug-likeness (QED) is 0.412. The summed E-state index contributed by atoms with van der Waals surface area (Å²) in [4.78, 5) is 0. The summed E-state index contributed by atoms with van der Waals surface area (Å²) >= 11 is 0. The Morgan fingerprint density at radius 1 is 1.27 bits per heavy atom. The topological polar surface area (TPSA) is 60.7 Å². The van der Waals surface area contributed by atoms with Crippen LogP contribution >= 0.6 is 0 Å². The fraction of sp³-hybridized carbons (Fsp3) is 1.00. The molecule has 0 aliphatic rings. The van der Waals surface area contributed by atoms with E-state index in [0.29, 0.717) is 6.42 Å². The summed E-state index contributed by atoms with van der Waals surface area (Å²) in [6.45, 7) is 1.96. The highest BCUT2D eigenvalue weighted by Gasteiger charge is 2.31. The van der Waals surface area contributed by atoms with Crippen molar-refractivity contribution in [2.75, 3.05) is 0 Å². The van der Waals surface area contributed by atoms with E-state index in [1.165, 1.54) is 0 Å². The summed E-state index contributed by atoms with van der Waals surface area (Å²) in [5.41, 5.74) is 0. The molecule has 0 amide bonds. The molecule has 0 radical (unpaired) electrons. The highest BCUT2D eigenvalue weighted by atomic mass is 19.1. The van der Waals surface area contributed by atoms with Gasteiger partial charge in [-0.05, 0) is 6.42 Å². The predicted octanol–water partition coefficient (Wildman–Crippen LogP) is 0.535. The van der Waals surface area contributed by atoms with E-state index in [1.807, 2.05) is 6.92 Å². The molecular formula is C7H15FO3. The van der Waals surface area contributed by atoms with E-state index < -0.39 is 12.1 Å². The van der Waals surface area contributed by atoms with Crippen molar-refractivity contribution in [3.8, 4) is 0 Å². The number of unbranched alkanes of at least 4 members (excludes halogenated alkanes) is 2. The van der Waals surface area contributed by atoms with Crippen LogP contribution in [-0.4, -0.2) is 27.5 Å². The van der Waals surface area contributed by atoms with Crippen LogP contribution in [0.5, 0.6) is 0 Å². The first-order valence-corrected chi connectivity index (χ1v) is 3.79. The molecule has 0 aromatic rings. The third kappa shape index (κ3) is 5.12. The molecule has 0 aromatic carbocycles. The largest absolute Gasteiger partial charge is 0.341 e. The highest BCUT2D eigenvalue weighted by molar-refractivity contribution is 4.63. The van der Waals surface area contributed by atoms with Crippen molar-refractivity contribution in [2.24, 2.45) is 0 Å². The minimum atomic E-state index is -3.16. The monoisotopic (exact) mass is 166 g/mol. The third-order valence-electron chi connectivity index (χ3n) is 1.48. The van der Waals surface area contributed by atoms with Crippen LogP contribution in [0.15, 0.2) is 0 Å². The minimum absolute atomic E-state index is 0.0165. The van der Waals surface area contributed by atoms with Crippen molar-refractivity contribution in [3.05, 3.63) is 0 Å². The maximum Gasteiger partial charge on any atom is 0.308 e. The zero-order valence-corrected chi connectivity index (χ0v) is 6.63. The van der Waals surface area contributed by atoms with Crippen molar-refractivity contribution < 1.29 is 19.7 Å². The molecule has 0 rings (SSSR count). The summed E-state index contributed by atoms with van der Waals surface area (Å²) < 4.78 is 12.5. The molecule has 0 bridgehead atoms. The molecule has 0 saturated carbocycles. The summed E-state index contributed by atoms with van der Waals surface area (Å²) in [7, 11) is 0. The van der Waals surface area contributed by atoms with E-state index in [-0.39, 0.29) is 6.42 Å². The van der Waals surface area contributed by atoms with Crippen molar-refractivity contribution in [1.29, 1.82) is 0 Å². The Morgan fingerprint density at radius 2 is 1.82 bits per heavy atom. The van der Waals surface area contributed by atoms with Crippen LogP contribution in [0.3, 0.4) is 0 Å². The molecule has 3 nitrogen and oxygen atoms in total. The highest BCUT2D eigenvalue weighted by Crippen LogP contribution is 2.14. The third-order valence-corrected chi connectivity index (χ3v) is 1.48. The molecule has 11 heavy (non-hydrogen) atoms. The Morgan fingerprint density at radius 3 is 2.18 bits per heavy atom. The van der Waals surface area contributed by atoms with Gasteiger partial charge >= 0.3 is 5.97 Å². The first-order chi connectivity index (χ1) is 4.98. The van der Waals surface area contributed by atoms with Crippen LogP contribution in [0.2, 0.25) is 0 Å². The van der Waals surface area contributed by atoms with Gasteiger partial charge in [0.05, 0.1) is 0 Å². The van der Waals surface area contributed by atoms with E-state index in [0.717, 1.165) is 12.8 Å². The van der Waals surface area contributed by atoms with E-state index in [1.54, 1.807) is 0 Å².